The minimum absolute atomic E-state index is 0.00582. The van der Waals surface area contributed by atoms with Gasteiger partial charge in [0, 0.05) is 11.1 Å². The molecule has 0 saturated carbocycles. The van der Waals surface area contributed by atoms with E-state index in [1.807, 2.05) is 25.1 Å². The number of ether oxygens (including phenoxy) is 3. The van der Waals surface area contributed by atoms with Crippen molar-refractivity contribution in [3.63, 3.8) is 0 Å². The Hall–Kier alpha value is -3.28. The number of fused-ring (bicyclic) bond motifs is 5. The molecule has 1 aliphatic carbocycles. The van der Waals surface area contributed by atoms with Crippen LogP contribution >= 0.6 is 0 Å². The van der Waals surface area contributed by atoms with Gasteiger partial charge in [0.25, 0.3) is 0 Å². The van der Waals surface area contributed by atoms with E-state index in [-0.39, 0.29) is 17.8 Å². The van der Waals surface area contributed by atoms with Gasteiger partial charge >= 0.3 is 5.63 Å². The second-order valence-electron chi connectivity index (χ2n) is 8.17. The van der Waals surface area contributed by atoms with E-state index in [1.165, 1.54) is 0 Å². The van der Waals surface area contributed by atoms with E-state index in [4.69, 9.17) is 18.6 Å². The number of hydrogen-bond acceptors (Lipinski definition) is 6. The van der Waals surface area contributed by atoms with Crippen molar-refractivity contribution in [1.82, 2.24) is 0 Å². The van der Waals surface area contributed by atoms with Gasteiger partial charge in [0.05, 0.1) is 31.6 Å². The van der Waals surface area contributed by atoms with Gasteiger partial charge in [-0.1, -0.05) is 0 Å². The zero-order valence-electron chi connectivity index (χ0n) is 17.9. The van der Waals surface area contributed by atoms with Crippen LogP contribution in [0.1, 0.15) is 58.0 Å². The average Bonchev–Trinajstić information content (AvgIpc) is 2.78. The van der Waals surface area contributed by atoms with Gasteiger partial charge in [0.15, 0.2) is 5.78 Å². The fourth-order valence-corrected chi connectivity index (χ4v) is 4.87. The number of ketones is 1. The number of methoxy groups -OCH3 is 2. The molecule has 5 rings (SSSR count). The van der Waals surface area contributed by atoms with E-state index in [0.29, 0.717) is 40.4 Å². The summed E-state index contributed by atoms with van der Waals surface area (Å²) in [6.07, 6.45) is 3.09. The monoisotopic (exact) mass is 420 g/mol. The van der Waals surface area contributed by atoms with Crippen molar-refractivity contribution in [2.45, 2.75) is 45.1 Å². The molecule has 2 aliphatic rings. The lowest BCUT2D eigenvalue weighted by Gasteiger charge is -2.30. The molecule has 6 nitrogen and oxygen atoms in total. The molecule has 1 aliphatic heterocycles. The molecule has 0 spiro atoms. The van der Waals surface area contributed by atoms with Gasteiger partial charge in [-0.15, -0.1) is 0 Å². The van der Waals surface area contributed by atoms with E-state index < -0.39 is 6.10 Å². The highest BCUT2D eigenvalue weighted by molar-refractivity contribution is 6.07. The third-order valence-corrected chi connectivity index (χ3v) is 6.35. The fraction of sp³-hybridized carbons (Fsp3) is 0.360. The molecule has 2 aromatic carbocycles. The first kappa shape index (κ1) is 19.7. The van der Waals surface area contributed by atoms with Gasteiger partial charge in [-0.3, -0.25) is 4.79 Å². The number of carbonyl (C=O) groups excluding carboxylic acids is 1. The van der Waals surface area contributed by atoms with Crippen molar-refractivity contribution in [3.05, 3.63) is 62.5 Å². The maximum Gasteiger partial charge on any atom is 0.339 e. The standard InChI is InChI=1S/C25H24O6/c1-13-10-21-23(15-6-4-5-7-16(15)25(27)31-21)24-22(13)18(26)12-20(30-24)17-11-14(28-2)8-9-19(17)29-3/h8-11,20H,4-7,12H2,1-3H3/t20-/m0/s1. The summed E-state index contributed by atoms with van der Waals surface area (Å²) in [6, 6.07) is 7.26. The summed E-state index contributed by atoms with van der Waals surface area (Å²) in [5.74, 6) is 1.82. The number of benzene rings is 2. The number of Topliss-reactive ketones (excluding diaryl/α,β-unsaturated/α-hetero) is 1. The molecule has 0 unspecified atom stereocenters. The third kappa shape index (κ3) is 3.09. The van der Waals surface area contributed by atoms with Crippen LogP contribution in [-0.4, -0.2) is 20.0 Å². The van der Waals surface area contributed by atoms with Crippen molar-refractivity contribution >= 4 is 16.8 Å². The Balaban J connectivity index is 1.74. The summed E-state index contributed by atoms with van der Waals surface area (Å²) in [6.45, 7) is 1.85. The molecule has 6 heteroatoms. The van der Waals surface area contributed by atoms with Crippen LogP contribution in [0.15, 0.2) is 33.5 Å². The minimum atomic E-state index is -0.527. The summed E-state index contributed by atoms with van der Waals surface area (Å²) in [5.41, 5.74) is 3.95. The Morgan fingerprint density at radius 1 is 1.00 bits per heavy atom. The van der Waals surface area contributed by atoms with Crippen LogP contribution in [-0.2, 0) is 12.8 Å². The molecule has 31 heavy (non-hydrogen) atoms. The van der Waals surface area contributed by atoms with Gasteiger partial charge in [0.2, 0.25) is 0 Å². The maximum absolute atomic E-state index is 13.3. The molecule has 2 heterocycles. The molecule has 0 radical (unpaired) electrons. The lowest BCUT2D eigenvalue weighted by atomic mass is 9.86. The van der Waals surface area contributed by atoms with Gasteiger partial charge in [-0.05, 0) is 68.0 Å². The lowest BCUT2D eigenvalue weighted by molar-refractivity contribution is 0.0849. The third-order valence-electron chi connectivity index (χ3n) is 6.35. The smallest absolute Gasteiger partial charge is 0.339 e. The summed E-state index contributed by atoms with van der Waals surface area (Å²) >= 11 is 0. The normalized spacial score (nSPS) is 17.6. The molecular weight excluding hydrogens is 396 g/mol. The first-order chi connectivity index (χ1) is 15.0. The summed E-state index contributed by atoms with van der Waals surface area (Å²) in [4.78, 5) is 25.8. The molecule has 0 N–H and O–H groups in total. The molecule has 3 aromatic rings. The summed E-state index contributed by atoms with van der Waals surface area (Å²) in [7, 11) is 3.19. The summed E-state index contributed by atoms with van der Waals surface area (Å²) in [5, 5.41) is 0.759. The lowest BCUT2D eigenvalue weighted by Crippen LogP contribution is -2.23. The maximum atomic E-state index is 13.3. The van der Waals surface area contributed by atoms with Crippen molar-refractivity contribution in [2.24, 2.45) is 0 Å². The predicted octanol–water partition coefficient (Wildman–Crippen LogP) is 4.70. The minimum Gasteiger partial charge on any atom is -0.497 e. The molecular formula is C25H24O6. The zero-order chi connectivity index (χ0) is 21.7. The van der Waals surface area contributed by atoms with E-state index in [2.05, 4.69) is 0 Å². The van der Waals surface area contributed by atoms with Gasteiger partial charge in [-0.25, -0.2) is 4.79 Å². The van der Waals surface area contributed by atoms with Gasteiger partial charge in [0.1, 0.15) is 28.9 Å². The van der Waals surface area contributed by atoms with Crippen LogP contribution in [0.3, 0.4) is 0 Å². The van der Waals surface area contributed by atoms with Crippen LogP contribution in [0.2, 0.25) is 0 Å². The Bertz CT molecular complexity index is 1270. The van der Waals surface area contributed by atoms with Crippen molar-refractivity contribution in [1.29, 1.82) is 0 Å². The Morgan fingerprint density at radius 3 is 2.52 bits per heavy atom. The molecule has 1 aromatic heterocycles. The highest BCUT2D eigenvalue weighted by atomic mass is 16.5. The molecule has 0 bridgehead atoms. The molecule has 0 fully saturated rings. The fourth-order valence-electron chi connectivity index (χ4n) is 4.87. The highest BCUT2D eigenvalue weighted by Gasteiger charge is 2.34. The SMILES string of the molecule is COc1ccc(OC)c([C@@H]2CC(=O)c3c(C)cc4oc(=O)c5c(c4c3O2)CCCC5)c1. The van der Waals surface area contributed by atoms with Crippen molar-refractivity contribution in [3.8, 4) is 17.2 Å². The molecule has 1 atom stereocenters. The van der Waals surface area contributed by atoms with Crippen molar-refractivity contribution < 1.29 is 23.4 Å². The second kappa shape index (κ2) is 7.45. The van der Waals surface area contributed by atoms with Crippen molar-refractivity contribution in [2.75, 3.05) is 14.2 Å². The van der Waals surface area contributed by atoms with Crippen LogP contribution in [0.4, 0.5) is 0 Å². The summed E-state index contributed by atoms with van der Waals surface area (Å²) < 4.78 is 23.1. The first-order valence-electron chi connectivity index (χ1n) is 10.6. The molecule has 0 saturated heterocycles. The van der Waals surface area contributed by atoms with E-state index in [1.54, 1.807) is 20.3 Å². The van der Waals surface area contributed by atoms with Crippen LogP contribution in [0, 0.1) is 6.92 Å². The predicted molar refractivity (Wildman–Crippen MR) is 116 cm³/mol. The Morgan fingerprint density at radius 2 is 1.77 bits per heavy atom. The second-order valence-corrected chi connectivity index (χ2v) is 8.17. The Kier molecular flexibility index (Phi) is 4.73. The van der Waals surface area contributed by atoms with E-state index >= 15 is 0 Å². The molecule has 160 valence electrons. The first-order valence-corrected chi connectivity index (χ1v) is 10.6. The van der Waals surface area contributed by atoms with Crippen LogP contribution < -0.4 is 19.8 Å². The number of rotatable bonds is 3. The van der Waals surface area contributed by atoms with E-state index in [0.717, 1.165) is 41.3 Å². The zero-order valence-corrected chi connectivity index (χ0v) is 17.9. The van der Waals surface area contributed by atoms with Gasteiger partial charge < -0.3 is 18.6 Å². The van der Waals surface area contributed by atoms with E-state index in [9.17, 15) is 9.59 Å². The topological polar surface area (TPSA) is 75.0 Å². The highest BCUT2D eigenvalue weighted by Crippen LogP contribution is 2.45. The number of hydrogen-bond donors (Lipinski definition) is 0. The largest absolute Gasteiger partial charge is 0.497 e. The van der Waals surface area contributed by atoms with Crippen LogP contribution in [0.25, 0.3) is 11.0 Å². The molecule has 0 amide bonds. The Labute approximate surface area is 179 Å². The number of carbonyl (C=O) groups is 1. The number of aryl methyl sites for hydroxylation is 2. The average molecular weight is 420 g/mol. The van der Waals surface area contributed by atoms with Crippen LogP contribution in [0.5, 0.6) is 17.2 Å². The van der Waals surface area contributed by atoms with Gasteiger partial charge in [-0.2, -0.15) is 0 Å². The quantitative estimate of drug-likeness (QED) is 0.572.